The van der Waals surface area contributed by atoms with Gasteiger partial charge in [-0.05, 0) is 36.5 Å². The van der Waals surface area contributed by atoms with Crippen LogP contribution in [0.5, 0.6) is 0 Å². The van der Waals surface area contributed by atoms with E-state index in [2.05, 4.69) is 5.32 Å². The minimum absolute atomic E-state index is 0.150. The molecule has 7 nitrogen and oxygen atoms in total. The van der Waals surface area contributed by atoms with E-state index in [1.807, 2.05) is 24.3 Å². The van der Waals surface area contributed by atoms with Gasteiger partial charge in [0.2, 0.25) is 5.91 Å². The zero-order valence-corrected chi connectivity index (χ0v) is 15.0. The van der Waals surface area contributed by atoms with Crippen LogP contribution in [0, 0.1) is 4.78 Å². The van der Waals surface area contributed by atoms with Crippen molar-refractivity contribution in [1.82, 2.24) is 5.32 Å². The maximum Gasteiger partial charge on any atom is 0.414 e. The van der Waals surface area contributed by atoms with E-state index in [4.69, 9.17) is 9.52 Å². The van der Waals surface area contributed by atoms with Crippen LogP contribution in [0.15, 0.2) is 24.3 Å². The fourth-order valence-electron chi connectivity index (χ4n) is 3.27. The monoisotopic (exact) mass is 365 g/mol. The lowest BCUT2D eigenvalue weighted by Gasteiger charge is -2.24. The molecule has 3 rings (SSSR count). The molecular formula is C17H23N3O4S. The van der Waals surface area contributed by atoms with Crippen molar-refractivity contribution < 1.29 is 18.5 Å². The molecule has 0 aliphatic carbocycles. The lowest BCUT2D eigenvalue weighted by Crippen LogP contribution is -2.33. The van der Waals surface area contributed by atoms with Crippen LogP contribution in [0.25, 0.3) is 0 Å². The Morgan fingerprint density at radius 3 is 2.56 bits per heavy atom. The zero-order chi connectivity index (χ0) is 18.0. The average molecular weight is 365 g/mol. The molecule has 0 bridgehead atoms. The number of nitrogens with one attached hydrogen (secondary N) is 2. The molecule has 0 saturated carbocycles. The van der Waals surface area contributed by atoms with Crippen LogP contribution in [-0.2, 0) is 19.3 Å². The predicted molar refractivity (Wildman–Crippen MR) is 95.3 cm³/mol. The molecule has 0 aromatic heterocycles. The van der Waals surface area contributed by atoms with Gasteiger partial charge in [0.25, 0.3) is 0 Å². The highest BCUT2D eigenvalue weighted by Gasteiger charge is 2.32. The quantitative estimate of drug-likeness (QED) is 0.853. The van der Waals surface area contributed by atoms with Gasteiger partial charge in [-0.2, -0.15) is 0 Å². The van der Waals surface area contributed by atoms with Crippen LogP contribution >= 0.6 is 0 Å². The highest BCUT2D eigenvalue weighted by molar-refractivity contribution is 7.92. The Balaban J connectivity index is 1.62. The summed E-state index contributed by atoms with van der Waals surface area (Å²) < 4.78 is 24.7. The molecule has 2 N–H and O–H groups in total. The van der Waals surface area contributed by atoms with Crippen LogP contribution < -0.4 is 10.2 Å². The Kier molecular flexibility index (Phi) is 4.99. The van der Waals surface area contributed by atoms with Crippen molar-refractivity contribution in [3.63, 3.8) is 0 Å². The fourth-order valence-corrected chi connectivity index (χ4v) is 4.80. The number of rotatable bonds is 4. The maximum atomic E-state index is 12.0. The van der Waals surface area contributed by atoms with Gasteiger partial charge in [0, 0.05) is 33.8 Å². The van der Waals surface area contributed by atoms with Crippen LogP contribution in [0.4, 0.5) is 10.5 Å². The summed E-state index contributed by atoms with van der Waals surface area (Å²) in [6.45, 7) is 2.14. The number of hydrogen-bond donors (Lipinski definition) is 2. The lowest BCUT2D eigenvalue weighted by molar-refractivity contribution is -0.119. The summed E-state index contributed by atoms with van der Waals surface area (Å²) in [6.07, 6.45) is 0.785. The van der Waals surface area contributed by atoms with E-state index in [1.165, 1.54) is 6.92 Å². The van der Waals surface area contributed by atoms with Crippen LogP contribution in [0.2, 0.25) is 0 Å². The Morgan fingerprint density at radius 1 is 1.32 bits per heavy atom. The van der Waals surface area contributed by atoms with Crippen molar-refractivity contribution >= 4 is 27.4 Å². The number of ether oxygens (including phenoxy) is 1. The smallest absolute Gasteiger partial charge is 0.414 e. The van der Waals surface area contributed by atoms with Crippen LogP contribution in [-0.4, -0.2) is 46.9 Å². The normalized spacial score (nSPS) is 29.3. The van der Waals surface area contributed by atoms with Gasteiger partial charge in [0.15, 0.2) is 0 Å². The van der Waals surface area contributed by atoms with Crippen molar-refractivity contribution in [1.29, 1.82) is 4.78 Å². The summed E-state index contributed by atoms with van der Waals surface area (Å²) in [6, 6.07) is 7.77. The van der Waals surface area contributed by atoms with Gasteiger partial charge >= 0.3 is 6.09 Å². The van der Waals surface area contributed by atoms with Crippen molar-refractivity contribution in [2.45, 2.75) is 31.8 Å². The highest BCUT2D eigenvalue weighted by Crippen LogP contribution is 2.31. The highest BCUT2D eigenvalue weighted by atomic mass is 32.2. The molecule has 8 heteroatoms. The summed E-state index contributed by atoms with van der Waals surface area (Å²) in [4.78, 5) is 24.6. The second kappa shape index (κ2) is 7.03. The van der Waals surface area contributed by atoms with E-state index in [0.29, 0.717) is 30.5 Å². The molecule has 2 aliphatic rings. The van der Waals surface area contributed by atoms with E-state index in [9.17, 15) is 13.8 Å². The lowest BCUT2D eigenvalue weighted by atomic mass is 9.93. The number of carbonyl (C=O) groups excluding carboxylic acids is 2. The number of cyclic esters (lactones) is 1. The molecule has 25 heavy (non-hydrogen) atoms. The number of benzene rings is 1. The Bertz CT molecular complexity index is 747. The molecule has 1 atom stereocenters. The average Bonchev–Trinajstić information content (AvgIpc) is 2.94. The zero-order valence-electron chi connectivity index (χ0n) is 14.2. The Hall–Kier alpha value is -2.09. The van der Waals surface area contributed by atoms with Crippen molar-refractivity contribution in [2.75, 3.05) is 29.5 Å². The van der Waals surface area contributed by atoms with Gasteiger partial charge in [-0.15, -0.1) is 0 Å². The van der Waals surface area contributed by atoms with E-state index >= 15 is 0 Å². The SMILES string of the molecule is CC(=O)NCC1CN(c2ccc(C3CCS(=N)(=O)CC3)cc2)C(=O)O1. The minimum Gasteiger partial charge on any atom is -0.442 e. The molecule has 2 saturated heterocycles. The van der Waals surface area contributed by atoms with Gasteiger partial charge in [0.1, 0.15) is 6.10 Å². The number of anilines is 1. The van der Waals surface area contributed by atoms with Crippen molar-refractivity contribution in [2.24, 2.45) is 0 Å². The first-order valence-corrected chi connectivity index (χ1v) is 10.3. The third-order valence-corrected chi connectivity index (χ3v) is 6.51. The largest absolute Gasteiger partial charge is 0.442 e. The molecule has 2 fully saturated rings. The van der Waals surface area contributed by atoms with Gasteiger partial charge in [-0.3, -0.25) is 14.5 Å². The third kappa shape index (κ3) is 4.31. The first-order valence-electron chi connectivity index (χ1n) is 8.41. The fraction of sp³-hybridized carbons (Fsp3) is 0.529. The van der Waals surface area contributed by atoms with E-state index in [0.717, 1.165) is 24.1 Å². The topological polar surface area (TPSA) is 99.6 Å². The summed E-state index contributed by atoms with van der Waals surface area (Å²) >= 11 is 0. The Labute approximate surface area is 147 Å². The van der Waals surface area contributed by atoms with Crippen LogP contribution in [0.3, 0.4) is 0 Å². The van der Waals surface area contributed by atoms with E-state index in [1.54, 1.807) is 4.90 Å². The number of amides is 2. The summed E-state index contributed by atoms with van der Waals surface area (Å²) in [7, 11) is -2.37. The molecule has 136 valence electrons. The Morgan fingerprint density at radius 2 is 1.96 bits per heavy atom. The second-order valence-electron chi connectivity index (χ2n) is 6.64. The molecule has 2 amide bonds. The van der Waals surface area contributed by atoms with Crippen molar-refractivity contribution in [3.05, 3.63) is 29.8 Å². The maximum absolute atomic E-state index is 12.0. The molecule has 2 heterocycles. The number of hydrogen-bond acceptors (Lipinski definition) is 5. The standard InChI is InChI=1S/C17H23N3O4S/c1-12(21)19-10-16-11-20(17(22)24-16)15-4-2-13(3-5-15)14-6-8-25(18,23)9-7-14/h2-5,14,16,18H,6-11H2,1H3,(H,19,21). The number of nitrogens with zero attached hydrogens (tertiary/aromatic N) is 1. The molecule has 1 aromatic carbocycles. The summed E-state index contributed by atoms with van der Waals surface area (Å²) in [5.74, 6) is 1.10. The van der Waals surface area contributed by atoms with Gasteiger partial charge in [-0.1, -0.05) is 12.1 Å². The molecule has 0 radical (unpaired) electrons. The summed E-state index contributed by atoms with van der Waals surface area (Å²) in [5.41, 5.74) is 1.92. The minimum atomic E-state index is -2.37. The molecule has 1 unspecified atom stereocenters. The molecule has 2 aliphatic heterocycles. The van der Waals surface area contributed by atoms with Gasteiger partial charge < -0.3 is 10.1 Å². The van der Waals surface area contributed by atoms with Gasteiger partial charge in [0.05, 0.1) is 13.1 Å². The molecule has 1 aromatic rings. The van der Waals surface area contributed by atoms with E-state index < -0.39 is 15.8 Å². The second-order valence-corrected chi connectivity index (χ2v) is 9.08. The first kappa shape index (κ1) is 17.7. The predicted octanol–water partition coefficient (Wildman–Crippen LogP) is 2.07. The molecular weight excluding hydrogens is 342 g/mol. The van der Waals surface area contributed by atoms with Crippen molar-refractivity contribution in [3.8, 4) is 0 Å². The first-order chi connectivity index (χ1) is 11.8. The van der Waals surface area contributed by atoms with E-state index in [-0.39, 0.29) is 12.0 Å². The van der Waals surface area contributed by atoms with Gasteiger partial charge in [-0.25, -0.2) is 9.00 Å². The molecule has 0 spiro atoms. The van der Waals surface area contributed by atoms with Crippen LogP contribution in [0.1, 0.15) is 31.2 Å². The summed E-state index contributed by atoms with van der Waals surface area (Å²) in [5, 5.41) is 2.66. The third-order valence-electron chi connectivity index (χ3n) is 4.72. The number of carbonyl (C=O) groups is 2.